The first-order valence-corrected chi connectivity index (χ1v) is 12.6. The van der Waals surface area contributed by atoms with Gasteiger partial charge in [-0.25, -0.2) is 4.39 Å². The van der Waals surface area contributed by atoms with Crippen LogP contribution in [0, 0.1) is 0 Å². The topological polar surface area (TPSA) is 9.23 Å². The smallest absolute Gasteiger partial charge is 0.123 e. The van der Waals surface area contributed by atoms with E-state index in [0.29, 0.717) is 5.75 Å². The summed E-state index contributed by atoms with van der Waals surface area (Å²) in [4.78, 5) is 0. The molecule has 4 rings (SSSR count). The monoisotopic (exact) mass is 448 g/mol. The standard InChI is InChI=1S/C27H24ClFOP/c28-23-16-14-22(15-17-23)21-31(25-9-3-1-4-10-25,26-11-5-2-6-12-26)27-13-7-8-24(20-27)30-19-18-29/h1-17,20H,18-19,21H2/q+1/i29-1. The minimum Gasteiger partial charge on any atom is -0.491 e. The Morgan fingerprint density at radius 3 is 1.84 bits per heavy atom. The highest BCUT2D eigenvalue weighted by Crippen LogP contribution is 2.58. The molecule has 0 saturated heterocycles. The van der Waals surface area contributed by atoms with Crippen LogP contribution in [0.3, 0.4) is 0 Å². The molecule has 156 valence electrons. The van der Waals surface area contributed by atoms with Crippen LogP contribution in [0.5, 0.6) is 5.75 Å². The average molecular weight is 449 g/mol. The number of alkyl halides is 1. The lowest BCUT2D eigenvalue weighted by Crippen LogP contribution is -2.32. The molecule has 1 nitrogen and oxygen atoms in total. The van der Waals surface area contributed by atoms with Crippen molar-refractivity contribution in [1.29, 1.82) is 0 Å². The van der Waals surface area contributed by atoms with Crippen LogP contribution < -0.4 is 20.7 Å². The molecule has 0 aliphatic rings. The molecule has 0 aromatic heterocycles. The quantitative estimate of drug-likeness (QED) is 0.292. The maximum atomic E-state index is 12.7. The summed E-state index contributed by atoms with van der Waals surface area (Å²) in [5.74, 6) is 0.697. The Hall–Kier alpha value is -2.67. The molecule has 0 unspecified atom stereocenters. The Morgan fingerprint density at radius 2 is 1.26 bits per heavy atom. The first-order chi connectivity index (χ1) is 15.2. The molecule has 0 spiro atoms. The fourth-order valence-corrected chi connectivity index (χ4v) is 8.29. The van der Waals surface area contributed by atoms with Crippen LogP contribution >= 0.6 is 18.9 Å². The van der Waals surface area contributed by atoms with E-state index in [2.05, 4.69) is 72.8 Å². The van der Waals surface area contributed by atoms with E-state index in [-0.39, 0.29) is 6.61 Å². The van der Waals surface area contributed by atoms with Crippen LogP contribution in [0.2, 0.25) is 5.02 Å². The largest absolute Gasteiger partial charge is 0.491 e. The van der Waals surface area contributed by atoms with Gasteiger partial charge in [0.15, 0.2) is 0 Å². The molecule has 0 saturated carbocycles. The first-order valence-electron chi connectivity index (χ1n) is 10.3. The van der Waals surface area contributed by atoms with Crippen molar-refractivity contribution in [1.82, 2.24) is 0 Å². The molecule has 0 fully saturated rings. The zero-order chi connectivity index (χ0) is 21.5. The molecular weight excluding hydrogens is 425 g/mol. The normalized spacial score (nSPS) is 11.3. The van der Waals surface area contributed by atoms with E-state index < -0.39 is 13.9 Å². The van der Waals surface area contributed by atoms with Gasteiger partial charge in [0, 0.05) is 11.1 Å². The van der Waals surface area contributed by atoms with Crippen LogP contribution in [0.1, 0.15) is 5.56 Å². The van der Waals surface area contributed by atoms with Gasteiger partial charge in [0.1, 0.15) is 42.2 Å². The van der Waals surface area contributed by atoms with E-state index in [0.717, 1.165) is 11.2 Å². The van der Waals surface area contributed by atoms with Gasteiger partial charge in [0.2, 0.25) is 0 Å². The van der Waals surface area contributed by atoms with E-state index in [9.17, 15) is 4.39 Å². The highest BCUT2D eigenvalue weighted by Gasteiger charge is 2.45. The minimum atomic E-state index is -2.07. The third kappa shape index (κ3) is 4.82. The summed E-state index contributed by atoms with van der Waals surface area (Å²) < 4.78 is 18.4. The van der Waals surface area contributed by atoms with Crippen molar-refractivity contribution >= 4 is 34.8 Å². The van der Waals surface area contributed by atoms with E-state index >= 15 is 0 Å². The number of hydrogen-bond donors (Lipinski definition) is 0. The SMILES string of the molecule is [18F]CCOc1cccc([P+](Cc2ccc(Cl)cc2)(c2ccccc2)c2ccccc2)c1. The lowest BCUT2D eigenvalue weighted by Gasteiger charge is -2.28. The molecule has 4 aromatic rings. The molecule has 0 aliphatic heterocycles. The predicted molar refractivity (Wildman–Crippen MR) is 132 cm³/mol. The maximum absolute atomic E-state index is 12.7. The lowest BCUT2D eigenvalue weighted by atomic mass is 10.2. The van der Waals surface area contributed by atoms with Crippen molar-refractivity contribution in [2.24, 2.45) is 0 Å². The first kappa shape index (κ1) is 21.6. The molecule has 4 aromatic carbocycles. The molecule has 0 bridgehead atoms. The van der Waals surface area contributed by atoms with E-state index in [1.54, 1.807) is 0 Å². The Bertz CT molecular complexity index is 1060. The summed E-state index contributed by atoms with van der Waals surface area (Å²) in [5.41, 5.74) is 1.22. The van der Waals surface area contributed by atoms with Gasteiger partial charge in [0.25, 0.3) is 0 Å². The number of hydrogen-bond acceptors (Lipinski definition) is 1. The fraction of sp³-hybridized carbons (Fsp3) is 0.111. The van der Waals surface area contributed by atoms with Crippen molar-refractivity contribution in [3.05, 3.63) is 120 Å². The van der Waals surface area contributed by atoms with Gasteiger partial charge in [-0.2, -0.15) is 0 Å². The third-order valence-corrected chi connectivity index (χ3v) is 9.94. The Labute approximate surface area is 188 Å². The Kier molecular flexibility index (Phi) is 7.02. The number of benzene rings is 4. The molecule has 0 N–H and O–H groups in total. The molecule has 0 amide bonds. The van der Waals surface area contributed by atoms with E-state index in [1.807, 2.05) is 36.4 Å². The predicted octanol–water partition coefficient (Wildman–Crippen LogP) is 6.18. The summed E-state index contributed by atoms with van der Waals surface area (Å²) in [6.45, 7) is -0.449. The van der Waals surface area contributed by atoms with E-state index in [1.165, 1.54) is 21.5 Å². The van der Waals surface area contributed by atoms with Crippen LogP contribution in [0.4, 0.5) is 4.39 Å². The van der Waals surface area contributed by atoms with Crippen molar-refractivity contribution in [3.8, 4) is 5.75 Å². The van der Waals surface area contributed by atoms with Crippen LogP contribution in [0.25, 0.3) is 0 Å². The van der Waals surface area contributed by atoms with Gasteiger partial charge in [-0.3, -0.25) is 0 Å². The molecular formula is C27H24ClFOP+. The lowest BCUT2D eigenvalue weighted by molar-refractivity contribution is 0.273. The summed E-state index contributed by atoms with van der Waals surface area (Å²) >= 11 is 6.17. The van der Waals surface area contributed by atoms with Crippen LogP contribution in [-0.2, 0) is 6.16 Å². The van der Waals surface area contributed by atoms with Crippen molar-refractivity contribution in [2.45, 2.75) is 6.16 Å². The van der Waals surface area contributed by atoms with Crippen molar-refractivity contribution in [2.75, 3.05) is 13.3 Å². The van der Waals surface area contributed by atoms with Gasteiger partial charge in [-0.1, -0.05) is 66.2 Å². The second-order valence-electron chi connectivity index (χ2n) is 7.30. The van der Waals surface area contributed by atoms with Gasteiger partial charge >= 0.3 is 0 Å². The summed E-state index contributed by atoms with van der Waals surface area (Å²) in [6, 6.07) is 37.6. The van der Waals surface area contributed by atoms with Gasteiger partial charge in [-0.15, -0.1) is 0 Å². The highest BCUT2D eigenvalue weighted by molar-refractivity contribution is 7.95. The molecule has 0 atom stereocenters. The third-order valence-electron chi connectivity index (χ3n) is 5.33. The summed E-state index contributed by atoms with van der Waals surface area (Å²) in [6.07, 6.45) is 0.852. The summed E-state index contributed by atoms with van der Waals surface area (Å²) in [7, 11) is -2.07. The Morgan fingerprint density at radius 1 is 0.677 bits per heavy atom. The maximum Gasteiger partial charge on any atom is 0.123 e. The van der Waals surface area contributed by atoms with Gasteiger partial charge in [0.05, 0.1) is 6.16 Å². The fourth-order valence-electron chi connectivity index (χ4n) is 3.92. The minimum absolute atomic E-state index is 0.0583. The molecule has 0 aliphatic carbocycles. The molecule has 0 radical (unpaired) electrons. The number of halogens is 2. The molecule has 4 heteroatoms. The molecule has 31 heavy (non-hydrogen) atoms. The van der Waals surface area contributed by atoms with Gasteiger partial charge in [-0.05, 0) is 54.1 Å². The number of rotatable bonds is 8. The highest BCUT2D eigenvalue weighted by atomic mass is 35.5. The average Bonchev–Trinajstić information content (AvgIpc) is 2.84. The van der Waals surface area contributed by atoms with E-state index in [4.69, 9.17) is 16.3 Å². The molecule has 0 heterocycles. The Balaban J connectivity index is 1.95. The van der Waals surface area contributed by atoms with Crippen molar-refractivity contribution < 1.29 is 9.13 Å². The summed E-state index contributed by atoms with van der Waals surface area (Å²) in [5, 5.41) is 4.52. The zero-order valence-corrected chi connectivity index (χ0v) is 18.8. The van der Waals surface area contributed by atoms with Crippen LogP contribution in [-0.4, -0.2) is 13.3 Å². The van der Waals surface area contributed by atoms with Crippen LogP contribution in [0.15, 0.2) is 109 Å². The second kappa shape index (κ2) is 10.1. The number of ether oxygens (including phenoxy) is 1. The zero-order valence-electron chi connectivity index (χ0n) is 17.1. The van der Waals surface area contributed by atoms with Gasteiger partial charge < -0.3 is 4.74 Å². The second-order valence-corrected chi connectivity index (χ2v) is 11.2. The van der Waals surface area contributed by atoms with Crippen molar-refractivity contribution in [3.63, 3.8) is 0 Å².